The highest BCUT2D eigenvalue weighted by Crippen LogP contribution is 2.02. The van der Waals surface area contributed by atoms with Crippen molar-refractivity contribution in [3.05, 3.63) is 12.3 Å². The molecule has 44 valence electrons. The molecule has 0 atom stereocenters. The van der Waals surface area contributed by atoms with Crippen LogP contribution in [0.3, 0.4) is 0 Å². The molecular formula is C5H7NO2. The lowest BCUT2D eigenvalue weighted by molar-refractivity contribution is 0.116. The quantitative estimate of drug-likeness (QED) is 0.497. The molecule has 1 fully saturated rings. The van der Waals surface area contributed by atoms with Crippen molar-refractivity contribution in [2.24, 2.45) is 0 Å². The molecule has 1 saturated heterocycles. The maximum Gasteiger partial charge on any atom is 0.248 e. The van der Waals surface area contributed by atoms with Crippen molar-refractivity contribution in [3.8, 4) is 0 Å². The van der Waals surface area contributed by atoms with E-state index in [1.807, 2.05) is 0 Å². The Bertz CT molecular complexity index is 114. The summed E-state index contributed by atoms with van der Waals surface area (Å²) in [4.78, 5) is 0. The van der Waals surface area contributed by atoms with Crippen LogP contribution in [0, 0.1) is 5.41 Å². The van der Waals surface area contributed by atoms with Gasteiger partial charge in [-0.05, 0) is 0 Å². The topological polar surface area (TPSA) is 42.3 Å². The summed E-state index contributed by atoms with van der Waals surface area (Å²) in [5.74, 6) is 0.382. The normalized spacial score (nSPS) is 19.5. The van der Waals surface area contributed by atoms with Crippen molar-refractivity contribution in [1.82, 2.24) is 0 Å². The van der Waals surface area contributed by atoms with Gasteiger partial charge in [-0.25, -0.2) is 0 Å². The monoisotopic (exact) mass is 113 g/mol. The van der Waals surface area contributed by atoms with Gasteiger partial charge in [0.1, 0.15) is 13.2 Å². The highest BCUT2D eigenvalue weighted by molar-refractivity contribution is 5.88. The fourth-order valence-electron chi connectivity index (χ4n) is 0.455. The van der Waals surface area contributed by atoms with Gasteiger partial charge in [0.05, 0.1) is 0 Å². The van der Waals surface area contributed by atoms with Crippen molar-refractivity contribution in [2.75, 3.05) is 13.2 Å². The lowest BCUT2D eigenvalue weighted by Gasteiger charge is -2.16. The van der Waals surface area contributed by atoms with Gasteiger partial charge in [-0.1, -0.05) is 6.58 Å². The molecule has 0 aromatic heterocycles. The third kappa shape index (κ3) is 0.804. The van der Waals surface area contributed by atoms with Crippen LogP contribution in [-0.2, 0) is 9.47 Å². The summed E-state index contributed by atoms with van der Waals surface area (Å²) in [6, 6.07) is 0. The van der Waals surface area contributed by atoms with Gasteiger partial charge in [0.25, 0.3) is 0 Å². The van der Waals surface area contributed by atoms with Crippen LogP contribution in [0.5, 0.6) is 0 Å². The van der Waals surface area contributed by atoms with Crippen molar-refractivity contribution < 1.29 is 9.47 Å². The standard InChI is InChI=1S/C5H7NO2/c1-4-5(6)8-3-2-7-4/h6H,1-3H2. The summed E-state index contributed by atoms with van der Waals surface area (Å²) in [7, 11) is 0. The Labute approximate surface area is 47.4 Å². The summed E-state index contributed by atoms with van der Waals surface area (Å²) >= 11 is 0. The number of hydrogen-bond donors (Lipinski definition) is 1. The van der Waals surface area contributed by atoms with E-state index in [0.29, 0.717) is 19.0 Å². The Balaban J connectivity index is 2.52. The van der Waals surface area contributed by atoms with E-state index < -0.39 is 0 Å². The number of hydrogen-bond acceptors (Lipinski definition) is 3. The van der Waals surface area contributed by atoms with E-state index in [2.05, 4.69) is 6.58 Å². The molecule has 0 aromatic carbocycles. The molecule has 0 radical (unpaired) electrons. The van der Waals surface area contributed by atoms with E-state index in [-0.39, 0.29) is 5.90 Å². The minimum Gasteiger partial charge on any atom is -0.485 e. The molecule has 0 bridgehead atoms. The zero-order valence-corrected chi connectivity index (χ0v) is 4.44. The molecule has 1 heterocycles. The van der Waals surface area contributed by atoms with E-state index in [9.17, 15) is 0 Å². The average molecular weight is 113 g/mol. The average Bonchev–Trinajstić information content (AvgIpc) is 1.77. The van der Waals surface area contributed by atoms with E-state index >= 15 is 0 Å². The molecule has 3 heteroatoms. The van der Waals surface area contributed by atoms with Gasteiger partial charge in [-0.15, -0.1) is 0 Å². The highest BCUT2D eigenvalue weighted by atomic mass is 16.6. The largest absolute Gasteiger partial charge is 0.485 e. The summed E-state index contributed by atoms with van der Waals surface area (Å²) in [5.41, 5.74) is 0. The summed E-state index contributed by atoms with van der Waals surface area (Å²) in [6.07, 6.45) is 0. The Morgan fingerprint density at radius 2 is 2.00 bits per heavy atom. The molecule has 0 saturated carbocycles. The zero-order valence-electron chi connectivity index (χ0n) is 4.44. The molecule has 0 aromatic rings. The molecule has 0 unspecified atom stereocenters. The second-order valence-electron chi connectivity index (χ2n) is 1.45. The van der Waals surface area contributed by atoms with Gasteiger partial charge >= 0.3 is 0 Å². The third-order valence-electron chi connectivity index (χ3n) is 0.859. The third-order valence-corrected chi connectivity index (χ3v) is 0.859. The molecule has 1 rings (SSSR count). The van der Waals surface area contributed by atoms with Crippen LogP contribution in [0.2, 0.25) is 0 Å². The Morgan fingerprint density at radius 3 is 2.38 bits per heavy atom. The molecule has 0 amide bonds. The molecule has 1 N–H and O–H groups in total. The Hall–Kier alpha value is -0.990. The second-order valence-corrected chi connectivity index (χ2v) is 1.45. The molecule has 1 aliphatic heterocycles. The van der Waals surface area contributed by atoms with Crippen LogP contribution < -0.4 is 0 Å². The number of rotatable bonds is 0. The summed E-state index contributed by atoms with van der Waals surface area (Å²) in [6.45, 7) is 4.41. The minimum absolute atomic E-state index is 0.0521. The SMILES string of the molecule is C=C1OCCOC1=N. The van der Waals surface area contributed by atoms with Crippen LogP contribution in [0.4, 0.5) is 0 Å². The molecule has 0 spiro atoms. The Morgan fingerprint density at radius 1 is 1.38 bits per heavy atom. The zero-order chi connectivity index (χ0) is 5.98. The fraction of sp³-hybridized carbons (Fsp3) is 0.400. The van der Waals surface area contributed by atoms with Gasteiger partial charge in [0.2, 0.25) is 5.90 Å². The lowest BCUT2D eigenvalue weighted by atomic mass is 10.5. The summed E-state index contributed by atoms with van der Waals surface area (Å²) < 4.78 is 9.59. The van der Waals surface area contributed by atoms with E-state index in [1.165, 1.54) is 0 Å². The molecule has 3 nitrogen and oxygen atoms in total. The van der Waals surface area contributed by atoms with Crippen molar-refractivity contribution in [3.63, 3.8) is 0 Å². The maximum atomic E-state index is 6.95. The highest BCUT2D eigenvalue weighted by Gasteiger charge is 2.09. The molecule has 8 heavy (non-hydrogen) atoms. The van der Waals surface area contributed by atoms with Crippen LogP contribution in [0.1, 0.15) is 0 Å². The van der Waals surface area contributed by atoms with Gasteiger partial charge in [0, 0.05) is 0 Å². The van der Waals surface area contributed by atoms with Gasteiger partial charge < -0.3 is 9.47 Å². The van der Waals surface area contributed by atoms with Gasteiger partial charge in [0.15, 0.2) is 5.76 Å². The lowest BCUT2D eigenvalue weighted by Crippen LogP contribution is -2.19. The first-order chi connectivity index (χ1) is 3.80. The predicted octanol–water partition coefficient (Wildman–Crippen LogP) is 0.524. The van der Waals surface area contributed by atoms with E-state index in [4.69, 9.17) is 14.9 Å². The van der Waals surface area contributed by atoms with Crippen molar-refractivity contribution in [2.45, 2.75) is 0 Å². The van der Waals surface area contributed by atoms with Crippen molar-refractivity contribution in [1.29, 1.82) is 5.41 Å². The first-order valence-corrected chi connectivity index (χ1v) is 2.34. The van der Waals surface area contributed by atoms with Crippen LogP contribution in [0.25, 0.3) is 0 Å². The number of ether oxygens (including phenoxy) is 2. The first-order valence-electron chi connectivity index (χ1n) is 2.34. The molecular weight excluding hydrogens is 106 g/mol. The van der Waals surface area contributed by atoms with Crippen LogP contribution >= 0.6 is 0 Å². The van der Waals surface area contributed by atoms with Gasteiger partial charge in [-0.3, -0.25) is 5.41 Å². The van der Waals surface area contributed by atoms with E-state index in [0.717, 1.165) is 0 Å². The summed E-state index contributed by atoms with van der Waals surface area (Å²) in [5, 5.41) is 6.95. The minimum atomic E-state index is 0.0521. The fourth-order valence-corrected chi connectivity index (χ4v) is 0.455. The van der Waals surface area contributed by atoms with Crippen LogP contribution in [-0.4, -0.2) is 19.1 Å². The smallest absolute Gasteiger partial charge is 0.248 e. The van der Waals surface area contributed by atoms with Crippen LogP contribution in [0.15, 0.2) is 12.3 Å². The van der Waals surface area contributed by atoms with Gasteiger partial charge in [-0.2, -0.15) is 0 Å². The van der Waals surface area contributed by atoms with Crippen molar-refractivity contribution >= 4 is 5.90 Å². The second kappa shape index (κ2) is 1.86. The first kappa shape index (κ1) is 5.15. The Kier molecular flexibility index (Phi) is 1.20. The van der Waals surface area contributed by atoms with E-state index in [1.54, 1.807) is 0 Å². The number of nitrogens with one attached hydrogen (secondary N) is 1. The molecule has 0 aliphatic carbocycles. The predicted molar refractivity (Wildman–Crippen MR) is 28.8 cm³/mol. The maximum absolute atomic E-state index is 6.95. The molecule has 1 aliphatic rings.